The normalized spacial score (nSPS) is 23.3. The molecule has 0 aliphatic carbocycles. The van der Waals surface area contributed by atoms with E-state index < -0.39 is 0 Å². The predicted octanol–water partition coefficient (Wildman–Crippen LogP) is 0.122. The number of hydrogen-bond acceptors (Lipinski definition) is 4. The molecule has 0 saturated carbocycles. The summed E-state index contributed by atoms with van der Waals surface area (Å²) in [6.45, 7) is 1.45. The fraction of sp³-hybridized carbons (Fsp3) is 0.750. The summed E-state index contributed by atoms with van der Waals surface area (Å²) in [5.41, 5.74) is 0. The number of rotatable bonds is 2. The van der Waals surface area contributed by atoms with Crippen molar-refractivity contribution in [2.45, 2.75) is 25.5 Å². The first-order valence-electron chi connectivity index (χ1n) is 4.49. The van der Waals surface area contributed by atoms with Gasteiger partial charge in [-0.25, -0.2) is 9.67 Å². The van der Waals surface area contributed by atoms with Crippen LogP contribution in [0.15, 0.2) is 6.33 Å². The summed E-state index contributed by atoms with van der Waals surface area (Å²) in [5, 5.41) is 13.1. The maximum atomic E-state index is 8.97. The Balaban J connectivity index is 2.13. The predicted molar refractivity (Wildman–Crippen MR) is 45.0 cm³/mol. The molecular weight excluding hydrogens is 170 g/mol. The number of ether oxygens (including phenoxy) is 1. The van der Waals surface area contributed by atoms with E-state index in [1.807, 2.05) is 0 Å². The lowest BCUT2D eigenvalue weighted by Gasteiger charge is -2.22. The van der Waals surface area contributed by atoms with E-state index in [9.17, 15) is 0 Å². The average molecular weight is 183 g/mol. The largest absolute Gasteiger partial charge is 0.388 e. The molecule has 1 fully saturated rings. The van der Waals surface area contributed by atoms with Crippen LogP contribution in [-0.2, 0) is 11.3 Å². The van der Waals surface area contributed by atoms with Crippen LogP contribution in [0.2, 0.25) is 0 Å². The van der Waals surface area contributed by atoms with Crippen LogP contribution in [-0.4, -0.2) is 33.1 Å². The zero-order valence-corrected chi connectivity index (χ0v) is 7.39. The Bertz CT molecular complexity index is 268. The quantitative estimate of drug-likeness (QED) is 0.707. The molecule has 1 N–H and O–H groups in total. The van der Waals surface area contributed by atoms with E-state index in [1.165, 1.54) is 6.33 Å². The van der Waals surface area contributed by atoms with Crippen molar-refractivity contribution in [2.24, 2.45) is 0 Å². The molecule has 0 radical (unpaired) electrons. The van der Waals surface area contributed by atoms with Crippen LogP contribution in [0.4, 0.5) is 0 Å². The second-order valence-electron chi connectivity index (χ2n) is 3.15. The molecule has 1 aliphatic heterocycles. The minimum Gasteiger partial charge on any atom is -0.388 e. The van der Waals surface area contributed by atoms with Gasteiger partial charge in [-0.2, -0.15) is 5.10 Å². The van der Waals surface area contributed by atoms with Crippen molar-refractivity contribution >= 4 is 0 Å². The molecule has 13 heavy (non-hydrogen) atoms. The lowest BCUT2D eigenvalue weighted by Crippen LogP contribution is -2.23. The van der Waals surface area contributed by atoms with E-state index in [1.54, 1.807) is 4.68 Å². The highest BCUT2D eigenvalue weighted by Crippen LogP contribution is 2.19. The summed E-state index contributed by atoms with van der Waals surface area (Å²) in [6.07, 6.45) is 3.58. The Hall–Kier alpha value is -0.940. The molecule has 0 amide bonds. The van der Waals surface area contributed by atoms with Gasteiger partial charge in [-0.3, -0.25) is 0 Å². The Morgan fingerprint density at radius 3 is 3.31 bits per heavy atom. The maximum absolute atomic E-state index is 8.97. The van der Waals surface area contributed by atoms with E-state index in [0.29, 0.717) is 12.4 Å². The summed E-state index contributed by atoms with van der Waals surface area (Å²) < 4.78 is 7.10. The van der Waals surface area contributed by atoms with Gasteiger partial charge in [-0.05, 0) is 12.8 Å². The van der Waals surface area contributed by atoms with Gasteiger partial charge in [0.05, 0.1) is 12.6 Å². The second-order valence-corrected chi connectivity index (χ2v) is 3.15. The van der Waals surface area contributed by atoms with Crippen molar-refractivity contribution in [1.29, 1.82) is 0 Å². The molecule has 72 valence electrons. The topological polar surface area (TPSA) is 60.2 Å². The first-order chi connectivity index (χ1) is 6.42. The fourth-order valence-electron chi connectivity index (χ4n) is 1.61. The van der Waals surface area contributed by atoms with Crippen molar-refractivity contribution in [3.63, 3.8) is 0 Å². The number of aromatic nitrogens is 3. The van der Waals surface area contributed by atoms with E-state index >= 15 is 0 Å². The van der Waals surface area contributed by atoms with Gasteiger partial charge < -0.3 is 9.84 Å². The average Bonchev–Trinajstić information content (AvgIpc) is 2.67. The molecule has 1 aromatic heterocycles. The van der Waals surface area contributed by atoms with Crippen molar-refractivity contribution in [2.75, 3.05) is 13.2 Å². The molecule has 5 heteroatoms. The van der Waals surface area contributed by atoms with E-state index in [-0.39, 0.29) is 12.6 Å². The smallest absolute Gasteiger partial charge is 0.152 e. The highest BCUT2D eigenvalue weighted by Gasteiger charge is 2.18. The molecule has 0 aromatic carbocycles. The maximum Gasteiger partial charge on any atom is 0.152 e. The summed E-state index contributed by atoms with van der Waals surface area (Å²) in [7, 11) is 0. The van der Waals surface area contributed by atoms with Crippen LogP contribution in [0.5, 0.6) is 0 Å². The van der Waals surface area contributed by atoms with Gasteiger partial charge in [0, 0.05) is 6.61 Å². The molecule has 1 aliphatic rings. The van der Waals surface area contributed by atoms with Gasteiger partial charge in [-0.1, -0.05) is 0 Å². The third-order valence-corrected chi connectivity index (χ3v) is 2.27. The third kappa shape index (κ3) is 1.71. The van der Waals surface area contributed by atoms with Gasteiger partial charge in [0.1, 0.15) is 12.9 Å². The lowest BCUT2D eigenvalue weighted by molar-refractivity contribution is 0.0521. The monoisotopic (exact) mass is 183 g/mol. The highest BCUT2D eigenvalue weighted by atomic mass is 16.5. The highest BCUT2D eigenvalue weighted by molar-refractivity contribution is 4.85. The Morgan fingerprint density at radius 1 is 1.69 bits per heavy atom. The summed E-state index contributed by atoms with van der Waals surface area (Å²) >= 11 is 0. The number of nitrogens with zero attached hydrogens (tertiary/aromatic N) is 3. The van der Waals surface area contributed by atoms with Gasteiger partial charge >= 0.3 is 0 Å². The minimum absolute atomic E-state index is 0.0590. The molecule has 0 spiro atoms. The first-order valence-corrected chi connectivity index (χ1v) is 4.49. The van der Waals surface area contributed by atoms with Crippen LogP contribution in [0.1, 0.15) is 24.7 Å². The lowest BCUT2D eigenvalue weighted by atomic mass is 10.1. The first kappa shape index (κ1) is 8.65. The van der Waals surface area contributed by atoms with Crippen molar-refractivity contribution in [3.05, 3.63) is 12.2 Å². The molecule has 1 unspecified atom stereocenters. The van der Waals surface area contributed by atoms with Crippen molar-refractivity contribution < 1.29 is 9.84 Å². The molecule has 2 rings (SSSR count). The SMILES string of the molecule is OCc1ncnn1C1CCCOC1. The Kier molecular flexibility index (Phi) is 2.56. The number of aliphatic hydroxyl groups excluding tert-OH is 1. The molecule has 1 aromatic rings. The molecule has 0 bridgehead atoms. The van der Waals surface area contributed by atoms with E-state index in [0.717, 1.165) is 19.4 Å². The summed E-state index contributed by atoms with van der Waals surface area (Å²) in [4.78, 5) is 3.96. The number of aliphatic hydroxyl groups is 1. The van der Waals surface area contributed by atoms with Crippen LogP contribution in [0.25, 0.3) is 0 Å². The molecule has 1 saturated heterocycles. The minimum atomic E-state index is -0.0590. The molecular formula is C8H13N3O2. The number of hydrogen-bond donors (Lipinski definition) is 1. The van der Waals surface area contributed by atoms with Crippen molar-refractivity contribution in [3.8, 4) is 0 Å². The molecule has 2 heterocycles. The van der Waals surface area contributed by atoms with E-state index in [2.05, 4.69) is 10.1 Å². The van der Waals surface area contributed by atoms with E-state index in [4.69, 9.17) is 9.84 Å². The van der Waals surface area contributed by atoms with Crippen LogP contribution >= 0.6 is 0 Å². The van der Waals surface area contributed by atoms with Gasteiger partial charge in [0.2, 0.25) is 0 Å². The van der Waals surface area contributed by atoms with Gasteiger partial charge in [-0.15, -0.1) is 0 Å². The van der Waals surface area contributed by atoms with Crippen LogP contribution < -0.4 is 0 Å². The summed E-state index contributed by atoms with van der Waals surface area (Å²) in [5.74, 6) is 0.621. The zero-order chi connectivity index (χ0) is 9.10. The van der Waals surface area contributed by atoms with Gasteiger partial charge in [0.15, 0.2) is 5.82 Å². The zero-order valence-electron chi connectivity index (χ0n) is 7.39. The van der Waals surface area contributed by atoms with Gasteiger partial charge in [0.25, 0.3) is 0 Å². The standard InChI is InChI=1S/C8H13N3O2/c12-4-8-9-6-10-11(8)7-2-1-3-13-5-7/h6-7,12H,1-5H2. The van der Waals surface area contributed by atoms with Crippen LogP contribution in [0, 0.1) is 0 Å². The Morgan fingerprint density at radius 2 is 2.62 bits per heavy atom. The molecule has 5 nitrogen and oxygen atoms in total. The summed E-state index contributed by atoms with van der Waals surface area (Å²) in [6, 6.07) is 0.249. The molecule has 1 atom stereocenters. The fourth-order valence-corrected chi connectivity index (χ4v) is 1.61. The Labute approximate surface area is 76.3 Å². The van der Waals surface area contributed by atoms with Crippen molar-refractivity contribution in [1.82, 2.24) is 14.8 Å². The second kappa shape index (κ2) is 3.85. The van der Waals surface area contributed by atoms with Crippen LogP contribution in [0.3, 0.4) is 0 Å². The third-order valence-electron chi connectivity index (χ3n) is 2.27.